The van der Waals surface area contributed by atoms with Crippen molar-refractivity contribution in [3.63, 3.8) is 0 Å². The number of carbonyl (C=O) groups is 1. The smallest absolute Gasteiger partial charge is 0.326 e. The van der Waals surface area contributed by atoms with E-state index >= 15 is 0 Å². The number of rotatable bonds is 5. The molecule has 0 radical (unpaired) electrons. The third-order valence-corrected chi connectivity index (χ3v) is 12.0. The minimum absolute atomic E-state index is 0.00991. The van der Waals surface area contributed by atoms with E-state index in [-0.39, 0.29) is 17.1 Å². The average Bonchev–Trinajstić information content (AvgIpc) is 3.29. The normalized spacial score (nSPS) is 24.6. The summed E-state index contributed by atoms with van der Waals surface area (Å²) in [4.78, 5) is 15.1. The largest absolute Gasteiger partial charge is 0.468 e. The van der Waals surface area contributed by atoms with E-state index in [1.54, 1.807) is 0 Å². The summed E-state index contributed by atoms with van der Waals surface area (Å²) in [5.74, 6) is -0.103. The first-order chi connectivity index (χ1) is 14.3. The highest BCUT2D eigenvalue weighted by Crippen LogP contribution is 2.44. The van der Waals surface area contributed by atoms with Crippen LogP contribution in [0.2, 0.25) is 5.04 Å². The standard InChI is InChI=1S/C25H33NO3Si/c1-24(2,3)30(21-12-7-5-8-13-21,22-14-9-6-10-15-22)29-20-18-25(23(27)28-4)16-11-17-26(25)19-20/h5-10,12-15,20H,11,16-19H2,1-4H3/t20-,25+/m1/s1. The SMILES string of the molecule is COC(=O)[C@@]12CCCN1C[C@H](O[Si](c1ccccc1)(c1ccccc1)C(C)(C)C)C2. The van der Waals surface area contributed by atoms with Crippen LogP contribution in [0.15, 0.2) is 60.7 Å². The number of methoxy groups -OCH3 is 1. The fourth-order valence-electron chi connectivity index (χ4n) is 5.64. The minimum atomic E-state index is -2.62. The lowest BCUT2D eigenvalue weighted by molar-refractivity contribution is -0.151. The van der Waals surface area contributed by atoms with Gasteiger partial charge in [0.25, 0.3) is 8.32 Å². The average molecular weight is 424 g/mol. The van der Waals surface area contributed by atoms with Crippen molar-refractivity contribution >= 4 is 24.7 Å². The van der Waals surface area contributed by atoms with Crippen molar-refractivity contribution in [3.05, 3.63) is 60.7 Å². The Balaban J connectivity index is 1.78. The van der Waals surface area contributed by atoms with Crippen LogP contribution < -0.4 is 10.4 Å². The second-order valence-corrected chi connectivity index (χ2v) is 13.9. The second-order valence-electron chi connectivity index (χ2n) is 9.68. The van der Waals surface area contributed by atoms with Crippen LogP contribution in [0, 0.1) is 0 Å². The highest BCUT2D eigenvalue weighted by Gasteiger charge is 2.58. The van der Waals surface area contributed by atoms with Gasteiger partial charge in [0.15, 0.2) is 0 Å². The van der Waals surface area contributed by atoms with Gasteiger partial charge >= 0.3 is 5.97 Å². The zero-order chi connectivity index (χ0) is 21.4. The van der Waals surface area contributed by atoms with E-state index in [1.165, 1.54) is 17.5 Å². The fraction of sp³-hybridized carbons (Fsp3) is 0.480. The lowest BCUT2D eigenvalue weighted by Gasteiger charge is -2.44. The Hall–Kier alpha value is -1.95. The van der Waals surface area contributed by atoms with Gasteiger partial charge in [-0.1, -0.05) is 81.4 Å². The molecule has 2 atom stereocenters. The van der Waals surface area contributed by atoms with Gasteiger partial charge in [-0.3, -0.25) is 9.69 Å². The number of carbonyl (C=O) groups excluding carboxylic acids is 1. The zero-order valence-electron chi connectivity index (χ0n) is 18.6. The summed E-state index contributed by atoms with van der Waals surface area (Å²) in [6, 6.07) is 21.4. The van der Waals surface area contributed by atoms with Gasteiger partial charge in [0.1, 0.15) is 5.54 Å². The van der Waals surface area contributed by atoms with Crippen molar-refractivity contribution in [3.8, 4) is 0 Å². The molecule has 2 aliphatic rings. The van der Waals surface area contributed by atoms with Crippen LogP contribution in [-0.2, 0) is 14.0 Å². The number of hydrogen-bond acceptors (Lipinski definition) is 4. The van der Waals surface area contributed by atoms with Crippen LogP contribution in [0.1, 0.15) is 40.0 Å². The third kappa shape index (κ3) is 3.33. The van der Waals surface area contributed by atoms with Crippen molar-refractivity contribution in [2.24, 2.45) is 0 Å². The van der Waals surface area contributed by atoms with Gasteiger partial charge in [0.2, 0.25) is 0 Å². The molecule has 2 heterocycles. The number of esters is 1. The summed E-state index contributed by atoms with van der Waals surface area (Å²) in [5, 5.41) is 2.49. The molecule has 0 aromatic heterocycles. The Morgan fingerprint density at radius 1 is 1.03 bits per heavy atom. The van der Waals surface area contributed by atoms with E-state index in [0.717, 1.165) is 25.9 Å². The number of benzene rings is 2. The molecule has 2 saturated heterocycles. The van der Waals surface area contributed by atoms with Crippen LogP contribution in [0.3, 0.4) is 0 Å². The predicted molar refractivity (Wildman–Crippen MR) is 123 cm³/mol. The molecule has 0 saturated carbocycles. The second kappa shape index (κ2) is 7.95. The molecule has 4 rings (SSSR count). The van der Waals surface area contributed by atoms with Crippen LogP contribution in [0.5, 0.6) is 0 Å². The molecule has 0 amide bonds. The van der Waals surface area contributed by atoms with E-state index in [4.69, 9.17) is 9.16 Å². The summed E-state index contributed by atoms with van der Waals surface area (Å²) < 4.78 is 12.5. The highest BCUT2D eigenvalue weighted by molar-refractivity contribution is 6.99. The maximum absolute atomic E-state index is 12.8. The Morgan fingerprint density at radius 2 is 1.60 bits per heavy atom. The number of nitrogens with zero attached hydrogens (tertiary/aromatic N) is 1. The maximum atomic E-state index is 12.8. The van der Waals surface area contributed by atoms with Crippen molar-refractivity contribution in [1.82, 2.24) is 4.90 Å². The predicted octanol–water partition coefficient (Wildman–Crippen LogP) is 3.34. The highest BCUT2D eigenvalue weighted by atomic mass is 28.4. The topological polar surface area (TPSA) is 38.8 Å². The lowest BCUT2D eigenvalue weighted by atomic mass is 9.93. The Labute approximate surface area is 181 Å². The van der Waals surface area contributed by atoms with Crippen molar-refractivity contribution in [1.29, 1.82) is 0 Å². The fourth-order valence-corrected chi connectivity index (χ4v) is 10.3. The van der Waals surface area contributed by atoms with Crippen molar-refractivity contribution in [2.75, 3.05) is 20.2 Å². The van der Waals surface area contributed by atoms with E-state index in [2.05, 4.69) is 86.3 Å². The van der Waals surface area contributed by atoms with Crippen LogP contribution in [0.4, 0.5) is 0 Å². The zero-order valence-corrected chi connectivity index (χ0v) is 19.6. The van der Waals surface area contributed by atoms with Crippen LogP contribution in [0.25, 0.3) is 0 Å². The van der Waals surface area contributed by atoms with Gasteiger partial charge in [-0.15, -0.1) is 0 Å². The maximum Gasteiger partial charge on any atom is 0.326 e. The minimum Gasteiger partial charge on any atom is -0.468 e. The molecular weight excluding hydrogens is 390 g/mol. The molecule has 5 heteroatoms. The molecule has 2 fully saturated rings. The summed E-state index contributed by atoms with van der Waals surface area (Å²) >= 11 is 0. The third-order valence-electron chi connectivity index (χ3n) is 6.94. The molecule has 4 nitrogen and oxygen atoms in total. The Morgan fingerprint density at radius 3 is 2.10 bits per heavy atom. The molecule has 0 aliphatic carbocycles. The van der Waals surface area contributed by atoms with Gasteiger partial charge in [-0.2, -0.15) is 0 Å². The van der Waals surface area contributed by atoms with Gasteiger partial charge in [0.05, 0.1) is 13.2 Å². The molecule has 2 aliphatic heterocycles. The van der Waals surface area contributed by atoms with E-state index in [0.29, 0.717) is 6.42 Å². The Kier molecular flexibility index (Phi) is 5.64. The summed E-state index contributed by atoms with van der Waals surface area (Å²) in [7, 11) is -1.12. The molecule has 160 valence electrons. The number of fused-ring (bicyclic) bond motifs is 1. The van der Waals surface area contributed by atoms with Crippen molar-refractivity contribution in [2.45, 2.75) is 56.7 Å². The molecule has 2 aromatic rings. The molecular formula is C25H33NO3Si. The van der Waals surface area contributed by atoms with Crippen LogP contribution in [-0.4, -0.2) is 51.0 Å². The first kappa shape index (κ1) is 21.3. The molecule has 0 unspecified atom stereocenters. The number of hydrogen-bond donors (Lipinski definition) is 0. The quantitative estimate of drug-likeness (QED) is 0.546. The number of ether oxygens (including phenoxy) is 1. The molecule has 0 N–H and O–H groups in total. The van der Waals surface area contributed by atoms with E-state index < -0.39 is 13.9 Å². The summed E-state index contributed by atoms with van der Waals surface area (Å²) in [6.45, 7) is 8.62. The Bertz CT molecular complexity index is 841. The van der Waals surface area contributed by atoms with Gasteiger partial charge in [-0.05, 0) is 34.8 Å². The lowest BCUT2D eigenvalue weighted by Crippen LogP contribution is -2.67. The monoisotopic (exact) mass is 423 g/mol. The molecule has 30 heavy (non-hydrogen) atoms. The molecule has 0 bridgehead atoms. The van der Waals surface area contributed by atoms with Gasteiger partial charge in [-0.25, -0.2) is 0 Å². The van der Waals surface area contributed by atoms with E-state index in [9.17, 15) is 4.79 Å². The molecule has 2 aromatic carbocycles. The summed E-state index contributed by atoms with van der Waals surface area (Å²) in [6.07, 6.45) is 2.63. The first-order valence-electron chi connectivity index (χ1n) is 11.0. The van der Waals surface area contributed by atoms with Gasteiger partial charge < -0.3 is 9.16 Å². The first-order valence-corrected chi connectivity index (χ1v) is 12.9. The van der Waals surface area contributed by atoms with Crippen LogP contribution >= 0.6 is 0 Å². The van der Waals surface area contributed by atoms with Crippen molar-refractivity contribution < 1.29 is 14.0 Å². The summed E-state index contributed by atoms with van der Waals surface area (Å²) in [5.41, 5.74) is -0.509. The van der Waals surface area contributed by atoms with Gasteiger partial charge in [0, 0.05) is 13.0 Å². The molecule has 0 spiro atoms. The van der Waals surface area contributed by atoms with E-state index in [1.807, 2.05) is 0 Å².